The highest BCUT2D eigenvalue weighted by atomic mass is 19.1. The summed E-state index contributed by atoms with van der Waals surface area (Å²) in [6.07, 6.45) is 2.39. The third kappa shape index (κ3) is 3.79. The summed E-state index contributed by atoms with van der Waals surface area (Å²) in [6, 6.07) is 7.11. The highest BCUT2D eigenvalue weighted by Crippen LogP contribution is 2.17. The van der Waals surface area contributed by atoms with E-state index in [1.807, 2.05) is 12.1 Å². The third-order valence-corrected chi connectivity index (χ3v) is 3.44. The van der Waals surface area contributed by atoms with Gasteiger partial charge in [0, 0.05) is 19.2 Å². The number of hydrogen-bond donors (Lipinski definition) is 1. The van der Waals surface area contributed by atoms with E-state index in [0.717, 1.165) is 31.7 Å². The van der Waals surface area contributed by atoms with E-state index in [2.05, 4.69) is 12.2 Å². The number of rotatable bonds is 4. The molecule has 1 heterocycles. The van der Waals surface area contributed by atoms with E-state index in [-0.39, 0.29) is 5.82 Å². The van der Waals surface area contributed by atoms with Gasteiger partial charge in [-0.2, -0.15) is 0 Å². The summed E-state index contributed by atoms with van der Waals surface area (Å²) < 4.78 is 18.2. The largest absolute Gasteiger partial charge is 0.381 e. The maximum absolute atomic E-state index is 12.7. The Morgan fingerprint density at radius 3 is 2.82 bits per heavy atom. The minimum Gasteiger partial charge on any atom is -0.381 e. The van der Waals surface area contributed by atoms with Crippen LogP contribution < -0.4 is 5.32 Å². The zero-order valence-corrected chi connectivity index (χ0v) is 10.3. The van der Waals surface area contributed by atoms with Crippen LogP contribution in [0.4, 0.5) is 4.39 Å². The Bertz CT molecular complexity index is 333. The standard InChI is InChI=1S/C14H20FNO/c1-11(13-3-2-8-17-10-13)16-9-12-4-6-14(15)7-5-12/h4-7,11,13,16H,2-3,8-10H2,1H3/t11-,13-/m0/s1. The Kier molecular flexibility index (Phi) is 4.51. The summed E-state index contributed by atoms with van der Waals surface area (Å²) in [5.41, 5.74) is 1.12. The van der Waals surface area contributed by atoms with Gasteiger partial charge >= 0.3 is 0 Å². The highest BCUT2D eigenvalue weighted by molar-refractivity contribution is 5.15. The number of hydrogen-bond acceptors (Lipinski definition) is 2. The SMILES string of the molecule is C[C@H](NCc1ccc(F)cc1)[C@H]1CCCOC1. The molecule has 0 spiro atoms. The van der Waals surface area contributed by atoms with Crippen LogP contribution in [0.15, 0.2) is 24.3 Å². The lowest BCUT2D eigenvalue weighted by Crippen LogP contribution is -2.37. The molecule has 1 aromatic rings. The van der Waals surface area contributed by atoms with Crippen molar-refractivity contribution < 1.29 is 9.13 Å². The quantitative estimate of drug-likeness (QED) is 0.869. The van der Waals surface area contributed by atoms with Gasteiger partial charge < -0.3 is 10.1 Å². The molecule has 17 heavy (non-hydrogen) atoms. The molecule has 1 aliphatic rings. The van der Waals surface area contributed by atoms with Crippen LogP contribution in [0.3, 0.4) is 0 Å². The molecule has 0 aliphatic carbocycles. The van der Waals surface area contributed by atoms with E-state index >= 15 is 0 Å². The molecular weight excluding hydrogens is 217 g/mol. The van der Waals surface area contributed by atoms with Crippen LogP contribution in [0.5, 0.6) is 0 Å². The molecule has 1 N–H and O–H groups in total. The van der Waals surface area contributed by atoms with Crippen LogP contribution in [-0.2, 0) is 11.3 Å². The summed E-state index contributed by atoms with van der Waals surface area (Å²) in [7, 11) is 0. The van der Waals surface area contributed by atoms with Crippen molar-refractivity contribution in [3.63, 3.8) is 0 Å². The van der Waals surface area contributed by atoms with Crippen molar-refractivity contribution in [1.82, 2.24) is 5.32 Å². The van der Waals surface area contributed by atoms with Crippen molar-refractivity contribution >= 4 is 0 Å². The van der Waals surface area contributed by atoms with Gasteiger partial charge in [0.1, 0.15) is 5.82 Å². The van der Waals surface area contributed by atoms with Gasteiger partial charge in [-0.05, 0) is 43.4 Å². The van der Waals surface area contributed by atoms with Crippen LogP contribution in [0, 0.1) is 11.7 Å². The topological polar surface area (TPSA) is 21.3 Å². The highest BCUT2D eigenvalue weighted by Gasteiger charge is 2.19. The van der Waals surface area contributed by atoms with E-state index in [1.165, 1.54) is 18.6 Å². The summed E-state index contributed by atoms with van der Waals surface area (Å²) in [4.78, 5) is 0. The second-order valence-corrected chi connectivity index (χ2v) is 4.77. The van der Waals surface area contributed by atoms with Gasteiger partial charge in [-0.3, -0.25) is 0 Å². The molecule has 1 saturated heterocycles. The molecule has 2 rings (SSSR count). The zero-order valence-electron chi connectivity index (χ0n) is 10.3. The van der Waals surface area contributed by atoms with Crippen LogP contribution in [-0.4, -0.2) is 19.3 Å². The first kappa shape index (κ1) is 12.5. The molecular formula is C14H20FNO. The first-order valence-electron chi connectivity index (χ1n) is 6.31. The lowest BCUT2D eigenvalue weighted by atomic mass is 9.95. The average molecular weight is 237 g/mol. The van der Waals surface area contributed by atoms with Gasteiger partial charge in [0.2, 0.25) is 0 Å². The zero-order chi connectivity index (χ0) is 12.1. The monoisotopic (exact) mass is 237 g/mol. The Labute approximate surface area is 102 Å². The fraction of sp³-hybridized carbons (Fsp3) is 0.571. The van der Waals surface area contributed by atoms with E-state index in [4.69, 9.17) is 4.74 Å². The van der Waals surface area contributed by atoms with Crippen molar-refractivity contribution in [2.24, 2.45) is 5.92 Å². The normalized spacial score (nSPS) is 22.4. The minimum atomic E-state index is -0.178. The average Bonchev–Trinajstić information content (AvgIpc) is 2.39. The molecule has 0 aromatic heterocycles. The Morgan fingerprint density at radius 1 is 1.41 bits per heavy atom. The third-order valence-electron chi connectivity index (χ3n) is 3.44. The predicted molar refractivity (Wildman–Crippen MR) is 66.2 cm³/mol. The smallest absolute Gasteiger partial charge is 0.123 e. The maximum atomic E-state index is 12.7. The molecule has 2 atom stereocenters. The summed E-state index contributed by atoms with van der Waals surface area (Å²) in [6.45, 7) is 4.75. The van der Waals surface area contributed by atoms with E-state index in [0.29, 0.717) is 12.0 Å². The molecule has 1 fully saturated rings. The number of nitrogens with one attached hydrogen (secondary N) is 1. The van der Waals surface area contributed by atoms with Crippen molar-refractivity contribution in [1.29, 1.82) is 0 Å². The minimum absolute atomic E-state index is 0.178. The molecule has 1 aliphatic heterocycles. The Hall–Kier alpha value is -0.930. The molecule has 0 bridgehead atoms. The Morgan fingerprint density at radius 2 is 2.18 bits per heavy atom. The predicted octanol–water partition coefficient (Wildman–Crippen LogP) is 2.73. The lowest BCUT2D eigenvalue weighted by Gasteiger charge is -2.28. The molecule has 0 amide bonds. The van der Waals surface area contributed by atoms with Crippen molar-refractivity contribution in [2.45, 2.75) is 32.4 Å². The summed E-state index contributed by atoms with van der Waals surface area (Å²) >= 11 is 0. The van der Waals surface area contributed by atoms with Crippen LogP contribution in [0.1, 0.15) is 25.3 Å². The van der Waals surface area contributed by atoms with Crippen molar-refractivity contribution in [3.05, 3.63) is 35.6 Å². The lowest BCUT2D eigenvalue weighted by molar-refractivity contribution is 0.0417. The summed E-state index contributed by atoms with van der Waals surface area (Å²) in [5, 5.41) is 3.49. The fourth-order valence-corrected chi connectivity index (χ4v) is 2.21. The second-order valence-electron chi connectivity index (χ2n) is 4.77. The second kappa shape index (κ2) is 6.12. The number of halogens is 1. The van der Waals surface area contributed by atoms with E-state index < -0.39 is 0 Å². The van der Waals surface area contributed by atoms with Crippen molar-refractivity contribution in [2.75, 3.05) is 13.2 Å². The summed E-state index contributed by atoms with van der Waals surface area (Å²) in [5.74, 6) is 0.423. The van der Waals surface area contributed by atoms with Gasteiger partial charge in [-0.1, -0.05) is 12.1 Å². The van der Waals surface area contributed by atoms with Crippen LogP contribution in [0.2, 0.25) is 0 Å². The molecule has 3 heteroatoms. The van der Waals surface area contributed by atoms with Crippen LogP contribution in [0.25, 0.3) is 0 Å². The van der Waals surface area contributed by atoms with Gasteiger partial charge in [0.15, 0.2) is 0 Å². The number of benzene rings is 1. The maximum Gasteiger partial charge on any atom is 0.123 e. The van der Waals surface area contributed by atoms with E-state index in [1.54, 1.807) is 0 Å². The molecule has 0 unspecified atom stereocenters. The van der Waals surface area contributed by atoms with Gasteiger partial charge in [-0.25, -0.2) is 4.39 Å². The fourth-order valence-electron chi connectivity index (χ4n) is 2.21. The van der Waals surface area contributed by atoms with Crippen LogP contribution >= 0.6 is 0 Å². The van der Waals surface area contributed by atoms with Crippen molar-refractivity contribution in [3.8, 4) is 0 Å². The first-order chi connectivity index (χ1) is 8.25. The van der Waals surface area contributed by atoms with Gasteiger partial charge in [0.05, 0.1) is 6.61 Å². The molecule has 1 aromatic carbocycles. The van der Waals surface area contributed by atoms with E-state index in [9.17, 15) is 4.39 Å². The molecule has 0 radical (unpaired) electrons. The molecule has 0 saturated carbocycles. The molecule has 94 valence electrons. The van der Waals surface area contributed by atoms with Gasteiger partial charge in [0.25, 0.3) is 0 Å². The number of ether oxygens (including phenoxy) is 1. The first-order valence-corrected chi connectivity index (χ1v) is 6.31. The van der Waals surface area contributed by atoms with Gasteiger partial charge in [-0.15, -0.1) is 0 Å². The Balaban J connectivity index is 1.78. The molecule has 2 nitrogen and oxygen atoms in total.